The third-order valence-corrected chi connectivity index (χ3v) is 2.90. The Labute approximate surface area is 97.6 Å². The molecule has 0 spiro atoms. The van der Waals surface area contributed by atoms with Crippen molar-refractivity contribution in [2.24, 2.45) is 5.92 Å². The molecule has 1 rings (SSSR count). The van der Waals surface area contributed by atoms with Crippen LogP contribution in [0, 0.1) is 5.92 Å². The van der Waals surface area contributed by atoms with Crippen LogP contribution in [0.5, 0.6) is 0 Å². The maximum Gasteiger partial charge on any atom is 0.410 e. The summed E-state index contributed by atoms with van der Waals surface area (Å²) in [5.41, 5.74) is -0.469. The Morgan fingerprint density at radius 2 is 2.12 bits per heavy atom. The summed E-state index contributed by atoms with van der Waals surface area (Å²) in [5, 5.41) is 9.84. The fraction of sp³-hybridized carbons (Fsp3) is 0.917. The first-order valence-electron chi connectivity index (χ1n) is 5.99. The molecule has 0 aromatic heterocycles. The quantitative estimate of drug-likeness (QED) is 0.748. The molecule has 1 N–H and O–H groups in total. The van der Waals surface area contributed by atoms with Crippen LogP contribution in [0.4, 0.5) is 4.79 Å². The third-order valence-electron chi connectivity index (χ3n) is 2.90. The zero-order valence-corrected chi connectivity index (χ0v) is 10.7. The normalized spacial score (nSPS) is 26.7. The summed E-state index contributed by atoms with van der Waals surface area (Å²) in [4.78, 5) is 13.3. The fourth-order valence-corrected chi connectivity index (χ4v) is 1.95. The summed E-state index contributed by atoms with van der Waals surface area (Å²) in [6.45, 7) is 8.69. The van der Waals surface area contributed by atoms with Gasteiger partial charge in [-0.25, -0.2) is 4.79 Å². The van der Waals surface area contributed by atoms with Crippen LogP contribution >= 0.6 is 0 Å². The lowest BCUT2D eigenvalue weighted by molar-refractivity contribution is -0.0132. The number of hydrogen-bond donors (Lipinski definition) is 1. The second-order valence-corrected chi connectivity index (χ2v) is 5.45. The molecule has 1 aliphatic heterocycles. The van der Waals surface area contributed by atoms with Crippen LogP contribution in [-0.4, -0.2) is 40.9 Å². The molecule has 4 heteroatoms. The average Bonchev–Trinajstić information content (AvgIpc) is 2.15. The highest BCUT2D eigenvalue weighted by atomic mass is 16.6. The van der Waals surface area contributed by atoms with Gasteiger partial charge in [0, 0.05) is 6.54 Å². The van der Waals surface area contributed by atoms with Crippen LogP contribution in [0.2, 0.25) is 0 Å². The largest absolute Gasteiger partial charge is 0.444 e. The highest BCUT2D eigenvalue weighted by molar-refractivity contribution is 5.68. The van der Waals surface area contributed by atoms with E-state index in [4.69, 9.17) is 4.74 Å². The second kappa shape index (κ2) is 5.04. The molecule has 0 aliphatic carbocycles. The maximum atomic E-state index is 11.7. The van der Waals surface area contributed by atoms with E-state index in [0.29, 0.717) is 19.0 Å². The number of β-amino-alcohol motifs (C(OH)–C–C–N with tert-alkyl or cyclic N) is 1. The number of aliphatic hydroxyl groups excluding tert-OH is 1. The van der Waals surface area contributed by atoms with E-state index in [1.54, 1.807) is 4.90 Å². The van der Waals surface area contributed by atoms with Crippen LogP contribution < -0.4 is 0 Å². The van der Waals surface area contributed by atoms with Crippen LogP contribution in [0.1, 0.15) is 40.5 Å². The van der Waals surface area contributed by atoms with Gasteiger partial charge >= 0.3 is 6.09 Å². The van der Waals surface area contributed by atoms with Crippen molar-refractivity contribution in [3.63, 3.8) is 0 Å². The Hall–Kier alpha value is -0.770. The van der Waals surface area contributed by atoms with E-state index >= 15 is 0 Å². The highest BCUT2D eigenvalue weighted by Gasteiger charge is 2.31. The Bertz CT molecular complexity index is 247. The molecule has 94 valence electrons. The summed E-state index contributed by atoms with van der Waals surface area (Å²) in [6, 6.07) is 0. The summed E-state index contributed by atoms with van der Waals surface area (Å²) >= 11 is 0. The molecule has 1 saturated heterocycles. The zero-order chi connectivity index (χ0) is 12.3. The Kier molecular flexibility index (Phi) is 4.19. The van der Waals surface area contributed by atoms with Gasteiger partial charge in [-0.2, -0.15) is 0 Å². The summed E-state index contributed by atoms with van der Waals surface area (Å²) < 4.78 is 5.27. The SMILES string of the molecule is CCC1CCN(C(=O)OC(C)(C)C)CC1O. The molecule has 1 amide bonds. The van der Waals surface area contributed by atoms with E-state index in [9.17, 15) is 9.90 Å². The number of hydrogen-bond acceptors (Lipinski definition) is 3. The second-order valence-electron chi connectivity index (χ2n) is 5.45. The van der Waals surface area contributed by atoms with Gasteiger partial charge in [0.15, 0.2) is 0 Å². The number of amides is 1. The number of aliphatic hydroxyl groups is 1. The summed E-state index contributed by atoms with van der Waals surface area (Å²) in [5.74, 6) is 0.318. The molecule has 1 fully saturated rings. The number of rotatable bonds is 1. The van der Waals surface area contributed by atoms with Crippen LogP contribution in [0.3, 0.4) is 0 Å². The third kappa shape index (κ3) is 3.67. The molecule has 0 aromatic rings. The van der Waals surface area contributed by atoms with Crippen molar-refractivity contribution in [2.75, 3.05) is 13.1 Å². The number of likely N-dealkylation sites (tertiary alicyclic amines) is 1. The van der Waals surface area contributed by atoms with Gasteiger partial charge in [0.1, 0.15) is 5.60 Å². The van der Waals surface area contributed by atoms with E-state index in [2.05, 4.69) is 6.92 Å². The van der Waals surface area contributed by atoms with Gasteiger partial charge in [-0.1, -0.05) is 13.3 Å². The van der Waals surface area contributed by atoms with Crippen molar-refractivity contribution in [3.8, 4) is 0 Å². The molecule has 0 bridgehead atoms. The van der Waals surface area contributed by atoms with Gasteiger partial charge < -0.3 is 14.7 Å². The number of piperidine rings is 1. The smallest absolute Gasteiger partial charge is 0.410 e. The van der Waals surface area contributed by atoms with Gasteiger partial charge in [-0.3, -0.25) is 0 Å². The molecule has 0 saturated carbocycles. The average molecular weight is 229 g/mol. The molecule has 4 nitrogen and oxygen atoms in total. The molecule has 1 aliphatic rings. The van der Waals surface area contributed by atoms with Crippen molar-refractivity contribution in [3.05, 3.63) is 0 Å². The topological polar surface area (TPSA) is 49.8 Å². The lowest BCUT2D eigenvalue weighted by atomic mass is 9.92. The molecule has 16 heavy (non-hydrogen) atoms. The maximum absolute atomic E-state index is 11.7. The van der Waals surface area contributed by atoms with Crippen molar-refractivity contribution in [2.45, 2.75) is 52.2 Å². The standard InChI is InChI=1S/C12H23NO3/c1-5-9-6-7-13(8-10(9)14)11(15)16-12(2,3)4/h9-10,14H,5-8H2,1-4H3. The van der Waals surface area contributed by atoms with Crippen molar-refractivity contribution in [1.82, 2.24) is 4.90 Å². The summed E-state index contributed by atoms with van der Waals surface area (Å²) in [7, 11) is 0. The van der Waals surface area contributed by atoms with Crippen LogP contribution in [-0.2, 0) is 4.74 Å². The van der Waals surface area contributed by atoms with Crippen molar-refractivity contribution >= 4 is 6.09 Å². The molecule has 2 unspecified atom stereocenters. The van der Waals surface area contributed by atoms with Crippen molar-refractivity contribution in [1.29, 1.82) is 0 Å². The summed E-state index contributed by atoms with van der Waals surface area (Å²) in [6.07, 6.45) is 1.09. The van der Waals surface area contributed by atoms with E-state index in [-0.39, 0.29) is 6.09 Å². The van der Waals surface area contributed by atoms with Gasteiger partial charge in [-0.15, -0.1) is 0 Å². The molecular formula is C12H23NO3. The first-order valence-corrected chi connectivity index (χ1v) is 5.99. The number of nitrogens with zero attached hydrogens (tertiary/aromatic N) is 1. The molecule has 0 radical (unpaired) electrons. The fourth-order valence-electron chi connectivity index (χ4n) is 1.95. The molecule has 0 aromatic carbocycles. The van der Waals surface area contributed by atoms with Crippen LogP contribution in [0.25, 0.3) is 0 Å². The lowest BCUT2D eigenvalue weighted by Gasteiger charge is -2.36. The Morgan fingerprint density at radius 3 is 2.56 bits per heavy atom. The van der Waals surface area contributed by atoms with E-state index in [1.165, 1.54) is 0 Å². The van der Waals surface area contributed by atoms with E-state index in [1.807, 2.05) is 20.8 Å². The van der Waals surface area contributed by atoms with Gasteiger partial charge in [0.25, 0.3) is 0 Å². The predicted molar refractivity (Wildman–Crippen MR) is 62.2 cm³/mol. The number of ether oxygens (including phenoxy) is 1. The van der Waals surface area contributed by atoms with Gasteiger partial charge in [-0.05, 0) is 33.1 Å². The van der Waals surface area contributed by atoms with Gasteiger partial charge in [0.2, 0.25) is 0 Å². The minimum atomic E-state index is -0.469. The molecule has 2 atom stereocenters. The first-order chi connectivity index (χ1) is 7.33. The van der Waals surface area contributed by atoms with E-state index < -0.39 is 11.7 Å². The predicted octanol–water partition coefficient (Wildman–Crippen LogP) is 2.01. The zero-order valence-electron chi connectivity index (χ0n) is 10.7. The molecular weight excluding hydrogens is 206 g/mol. The van der Waals surface area contributed by atoms with E-state index in [0.717, 1.165) is 12.8 Å². The van der Waals surface area contributed by atoms with Gasteiger partial charge in [0.05, 0.1) is 12.6 Å². The number of carbonyl (C=O) groups is 1. The Balaban J connectivity index is 2.48. The highest BCUT2D eigenvalue weighted by Crippen LogP contribution is 2.22. The molecule has 1 heterocycles. The Morgan fingerprint density at radius 1 is 1.50 bits per heavy atom. The lowest BCUT2D eigenvalue weighted by Crippen LogP contribution is -2.48. The number of carbonyl (C=O) groups excluding carboxylic acids is 1. The van der Waals surface area contributed by atoms with Crippen LogP contribution in [0.15, 0.2) is 0 Å². The minimum absolute atomic E-state index is 0.318. The van der Waals surface area contributed by atoms with Crippen molar-refractivity contribution < 1.29 is 14.6 Å². The first kappa shape index (κ1) is 13.3. The monoisotopic (exact) mass is 229 g/mol. The minimum Gasteiger partial charge on any atom is -0.444 e.